The van der Waals surface area contributed by atoms with E-state index in [9.17, 15) is 21.2 Å². The van der Waals surface area contributed by atoms with Crippen LogP contribution in [-0.2, 0) is 19.9 Å². The molecule has 3 aliphatic rings. The lowest BCUT2D eigenvalue weighted by Crippen LogP contribution is -2.43. The molecule has 34 heavy (non-hydrogen) atoms. The number of piperidine rings is 1. The van der Waals surface area contributed by atoms with Crippen LogP contribution in [0.5, 0.6) is 5.88 Å². The summed E-state index contributed by atoms with van der Waals surface area (Å²) in [5, 5.41) is 2.28. The first kappa shape index (κ1) is 23.4. The minimum atomic E-state index is -3.48. The lowest BCUT2D eigenvalue weighted by atomic mass is 10.1. The van der Waals surface area contributed by atoms with Crippen molar-refractivity contribution in [2.24, 2.45) is 0 Å². The van der Waals surface area contributed by atoms with Crippen molar-refractivity contribution >= 4 is 31.4 Å². The molecule has 1 aliphatic heterocycles. The van der Waals surface area contributed by atoms with Crippen LogP contribution in [0.3, 0.4) is 0 Å². The number of rotatable bonds is 8. The Labute approximate surface area is 198 Å². The molecular formula is C22H27FN4O5S2. The number of aromatic nitrogens is 2. The molecule has 2 heterocycles. The molecule has 12 heteroatoms. The van der Waals surface area contributed by atoms with Gasteiger partial charge in [0.1, 0.15) is 24.1 Å². The first-order valence-electron chi connectivity index (χ1n) is 11.4. The third-order valence-electron chi connectivity index (χ3n) is 6.51. The number of sulfone groups is 1. The maximum absolute atomic E-state index is 14.7. The summed E-state index contributed by atoms with van der Waals surface area (Å²) in [6, 6.07) is 3.83. The molecule has 2 aliphatic carbocycles. The van der Waals surface area contributed by atoms with Crippen LogP contribution in [0, 0.1) is 12.7 Å². The van der Waals surface area contributed by atoms with Crippen LogP contribution < -0.4 is 10.1 Å². The number of nitrogens with one attached hydrogen (secondary N) is 1. The summed E-state index contributed by atoms with van der Waals surface area (Å²) >= 11 is 0. The zero-order chi connectivity index (χ0) is 24.1. The van der Waals surface area contributed by atoms with Gasteiger partial charge in [-0.1, -0.05) is 0 Å². The number of anilines is 2. The molecule has 5 rings (SSSR count). The molecule has 0 atom stereocenters. The van der Waals surface area contributed by atoms with E-state index in [1.54, 1.807) is 11.2 Å². The Morgan fingerprint density at radius 1 is 1.00 bits per heavy atom. The van der Waals surface area contributed by atoms with Gasteiger partial charge in [0.25, 0.3) is 0 Å². The van der Waals surface area contributed by atoms with Crippen LogP contribution in [0.4, 0.5) is 15.9 Å². The quantitative estimate of drug-likeness (QED) is 0.576. The Morgan fingerprint density at radius 2 is 1.68 bits per heavy atom. The number of sulfonamides is 1. The van der Waals surface area contributed by atoms with Crippen molar-refractivity contribution in [2.75, 3.05) is 18.4 Å². The predicted octanol–water partition coefficient (Wildman–Crippen LogP) is 2.94. The number of halogens is 1. The van der Waals surface area contributed by atoms with Crippen LogP contribution in [0.2, 0.25) is 0 Å². The minimum absolute atomic E-state index is 0.0171. The highest BCUT2D eigenvalue weighted by Crippen LogP contribution is 2.36. The van der Waals surface area contributed by atoms with E-state index in [0.717, 1.165) is 18.9 Å². The Kier molecular flexibility index (Phi) is 6.01. The summed E-state index contributed by atoms with van der Waals surface area (Å²) in [5.74, 6) is -0.00348. The number of benzene rings is 1. The van der Waals surface area contributed by atoms with Gasteiger partial charge in [0.15, 0.2) is 9.84 Å². The normalized spacial score (nSPS) is 20.3. The molecule has 1 aromatic carbocycles. The fraction of sp³-hybridized carbons (Fsp3) is 0.545. The summed E-state index contributed by atoms with van der Waals surface area (Å²) in [5.41, 5.74) is 0.672. The largest absolute Gasteiger partial charge is 0.474 e. The van der Waals surface area contributed by atoms with Gasteiger partial charge in [-0.15, -0.1) is 0 Å². The van der Waals surface area contributed by atoms with E-state index in [2.05, 4.69) is 15.3 Å². The van der Waals surface area contributed by atoms with Gasteiger partial charge in [0.05, 0.1) is 26.6 Å². The first-order chi connectivity index (χ1) is 16.2. The van der Waals surface area contributed by atoms with Crippen LogP contribution in [-0.4, -0.2) is 60.8 Å². The molecule has 0 radical (unpaired) electrons. The van der Waals surface area contributed by atoms with Crippen molar-refractivity contribution in [1.82, 2.24) is 14.3 Å². The zero-order valence-electron chi connectivity index (χ0n) is 18.8. The average Bonchev–Trinajstić information content (AvgIpc) is 3.70. The second-order valence-electron chi connectivity index (χ2n) is 9.12. The Morgan fingerprint density at radius 3 is 2.29 bits per heavy atom. The van der Waals surface area contributed by atoms with Crippen molar-refractivity contribution in [1.29, 1.82) is 0 Å². The van der Waals surface area contributed by atoms with Gasteiger partial charge in [0, 0.05) is 13.1 Å². The summed E-state index contributed by atoms with van der Waals surface area (Å²) < 4.78 is 71.8. The lowest BCUT2D eigenvalue weighted by Gasteiger charge is -2.31. The molecule has 1 aromatic heterocycles. The van der Waals surface area contributed by atoms with Gasteiger partial charge in [-0.3, -0.25) is 0 Å². The number of ether oxygens (including phenoxy) is 1. The number of hydrogen-bond donors (Lipinski definition) is 1. The van der Waals surface area contributed by atoms with Gasteiger partial charge in [-0.05, 0) is 63.6 Å². The predicted molar refractivity (Wildman–Crippen MR) is 124 cm³/mol. The SMILES string of the molecule is Cc1c(Nc2ccc(S(=O)(=O)C3CC3)cc2F)ncnc1OC1CCN(S(=O)(=O)C2CC2)CC1. The van der Waals surface area contributed by atoms with E-state index >= 15 is 0 Å². The minimum Gasteiger partial charge on any atom is -0.474 e. The van der Waals surface area contributed by atoms with E-state index < -0.39 is 30.9 Å². The zero-order valence-corrected chi connectivity index (χ0v) is 20.4. The van der Waals surface area contributed by atoms with Gasteiger partial charge in [-0.2, -0.15) is 0 Å². The van der Waals surface area contributed by atoms with E-state index in [-0.39, 0.29) is 21.9 Å². The standard InChI is InChI=1S/C22H27FN4O5S2/c1-14-21(26-20-7-6-18(12-19(20)23)33(28,29)16-2-3-16)24-13-25-22(14)32-15-8-10-27(11-9-15)34(30,31)17-4-5-17/h6-7,12-13,15-17H,2-5,8-11H2,1H3,(H,24,25,26). The third-order valence-corrected chi connectivity index (χ3v) is 11.2. The molecule has 0 unspecified atom stereocenters. The fourth-order valence-electron chi connectivity index (χ4n) is 4.09. The Hall–Kier alpha value is -2.31. The molecule has 0 bridgehead atoms. The van der Waals surface area contributed by atoms with Crippen LogP contribution >= 0.6 is 0 Å². The van der Waals surface area contributed by atoms with E-state index in [4.69, 9.17) is 4.74 Å². The molecule has 0 amide bonds. The number of nitrogens with zero attached hydrogens (tertiary/aromatic N) is 3. The van der Waals surface area contributed by atoms with Crippen LogP contribution in [0.1, 0.15) is 44.1 Å². The van der Waals surface area contributed by atoms with Crippen molar-refractivity contribution in [3.05, 3.63) is 35.9 Å². The second kappa shape index (κ2) is 8.72. The Bertz CT molecular complexity index is 1300. The average molecular weight is 511 g/mol. The molecular weight excluding hydrogens is 483 g/mol. The number of hydrogen-bond acceptors (Lipinski definition) is 8. The smallest absolute Gasteiger partial charge is 0.221 e. The molecule has 3 fully saturated rings. The summed E-state index contributed by atoms with van der Waals surface area (Å²) in [4.78, 5) is 8.35. The lowest BCUT2D eigenvalue weighted by molar-refractivity contribution is 0.129. The third kappa shape index (κ3) is 4.63. The van der Waals surface area contributed by atoms with Crippen molar-refractivity contribution in [3.8, 4) is 5.88 Å². The van der Waals surface area contributed by atoms with Crippen molar-refractivity contribution in [3.63, 3.8) is 0 Å². The van der Waals surface area contributed by atoms with Crippen molar-refractivity contribution < 1.29 is 26.0 Å². The highest BCUT2D eigenvalue weighted by Gasteiger charge is 2.41. The van der Waals surface area contributed by atoms with E-state index in [1.807, 2.05) is 0 Å². The molecule has 0 spiro atoms. The first-order valence-corrected chi connectivity index (χ1v) is 14.5. The van der Waals surface area contributed by atoms with E-state index in [1.165, 1.54) is 18.5 Å². The highest BCUT2D eigenvalue weighted by molar-refractivity contribution is 7.92. The van der Waals surface area contributed by atoms with Crippen LogP contribution in [0.15, 0.2) is 29.4 Å². The summed E-state index contributed by atoms with van der Waals surface area (Å²) in [6.07, 6.45) is 4.96. The second-order valence-corrected chi connectivity index (χ2v) is 13.6. The van der Waals surface area contributed by atoms with Gasteiger partial charge in [0.2, 0.25) is 15.9 Å². The van der Waals surface area contributed by atoms with E-state index in [0.29, 0.717) is 56.0 Å². The summed E-state index contributed by atoms with van der Waals surface area (Å²) in [7, 11) is -6.66. The fourth-order valence-corrected chi connectivity index (χ4v) is 7.63. The highest BCUT2D eigenvalue weighted by atomic mass is 32.2. The molecule has 1 saturated heterocycles. The maximum Gasteiger partial charge on any atom is 0.221 e. The monoisotopic (exact) mass is 510 g/mol. The van der Waals surface area contributed by atoms with Gasteiger partial charge < -0.3 is 10.1 Å². The van der Waals surface area contributed by atoms with Gasteiger partial charge >= 0.3 is 0 Å². The molecule has 184 valence electrons. The maximum atomic E-state index is 14.7. The molecule has 1 N–H and O–H groups in total. The molecule has 2 aromatic rings. The molecule has 2 saturated carbocycles. The molecule has 9 nitrogen and oxygen atoms in total. The van der Waals surface area contributed by atoms with Gasteiger partial charge in [-0.25, -0.2) is 35.5 Å². The van der Waals surface area contributed by atoms with Crippen LogP contribution in [0.25, 0.3) is 0 Å². The topological polar surface area (TPSA) is 119 Å². The van der Waals surface area contributed by atoms with Crippen molar-refractivity contribution in [2.45, 2.75) is 66.9 Å². The Balaban J connectivity index is 1.25. The summed E-state index contributed by atoms with van der Waals surface area (Å²) in [6.45, 7) is 2.58.